The van der Waals surface area contributed by atoms with Gasteiger partial charge in [-0.1, -0.05) is 31.4 Å². The van der Waals surface area contributed by atoms with Crippen LogP contribution in [0.25, 0.3) is 5.69 Å². The Labute approximate surface area is 130 Å². The van der Waals surface area contributed by atoms with E-state index in [0.717, 1.165) is 49.2 Å². The maximum Gasteiger partial charge on any atom is 0.210 e. The fourth-order valence-corrected chi connectivity index (χ4v) is 3.38. The van der Waals surface area contributed by atoms with E-state index >= 15 is 0 Å². The first-order valence-corrected chi connectivity index (χ1v) is 7.71. The average Bonchev–Trinajstić information content (AvgIpc) is 3.05. The minimum absolute atomic E-state index is 0.409. The number of tetrazole rings is 1. The van der Waals surface area contributed by atoms with Crippen molar-refractivity contribution in [1.29, 1.82) is 0 Å². The van der Waals surface area contributed by atoms with Crippen molar-refractivity contribution in [3.63, 3.8) is 0 Å². The van der Waals surface area contributed by atoms with E-state index in [2.05, 4.69) is 21.6 Å². The minimum atomic E-state index is -0.409. The van der Waals surface area contributed by atoms with Crippen LogP contribution in [0.2, 0.25) is 0 Å². The second-order valence-corrected chi connectivity index (χ2v) is 6.06. The Morgan fingerprint density at radius 2 is 2.05 bits per heavy atom. The molecule has 1 aliphatic carbocycles. The highest BCUT2D eigenvalue weighted by Crippen LogP contribution is 2.40. The fourth-order valence-electron chi connectivity index (χ4n) is 3.38. The highest BCUT2D eigenvalue weighted by Gasteiger charge is 2.42. The maximum absolute atomic E-state index is 11.5. The molecule has 1 aromatic heterocycles. The lowest BCUT2D eigenvalue weighted by Crippen LogP contribution is -2.46. The van der Waals surface area contributed by atoms with Crippen molar-refractivity contribution >= 4 is 6.41 Å². The molecule has 0 aliphatic heterocycles. The number of rotatable bonds is 4. The number of aryl methyl sites for hydroxylation is 1. The van der Waals surface area contributed by atoms with Crippen LogP contribution < -0.4 is 0 Å². The van der Waals surface area contributed by atoms with E-state index in [-0.39, 0.29) is 0 Å². The molecule has 0 radical (unpaired) electrons. The Balaban J connectivity index is 2.10. The summed E-state index contributed by atoms with van der Waals surface area (Å²) in [6.07, 6.45) is 6.04. The molecular formula is C16H21N5O. The number of benzene rings is 1. The topological polar surface area (TPSA) is 63.9 Å². The molecule has 1 amide bonds. The summed E-state index contributed by atoms with van der Waals surface area (Å²) in [5.74, 6) is 0.757. The Hall–Kier alpha value is -2.24. The summed E-state index contributed by atoms with van der Waals surface area (Å²) in [6.45, 7) is 2.04. The fraction of sp³-hybridized carbons (Fsp3) is 0.500. The van der Waals surface area contributed by atoms with Gasteiger partial charge in [0.05, 0.1) is 5.69 Å². The van der Waals surface area contributed by atoms with E-state index in [4.69, 9.17) is 0 Å². The number of hydrogen-bond acceptors (Lipinski definition) is 4. The molecule has 6 heteroatoms. The van der Waals surface area contributed by atoms with E-state index in [1.807, 2.05) is 32.2 Å². The predicted octanol–water partition coefficient (Wildman–Crippen LogP) is 2.22. The normalized spacial score (nSPS) is 17.2. The second-order valence-electron chi connectivity index (χ2n) is 6.06. The number of amides is 1. The van der Waals surface area contributed by atoms with Gasteiger partial charge in [-0.15, -0.1) is 5.10 Å². The van der Waals surface area contributed by atoms with E-state index in [1.54, 1.807) is 9.58 Å². The quantitative estimate of drug-likeness (QED) is 0.812. The van der Waals surface area contributed by atoms with Gasteiger partial charge in [0.15, 0.2) is 5.82 Å². The molecule has 3 rings (SSSR count). The molecule has 116 valence electrons. The van der Waals surface area contributed by atoms with E-state index < -0.39 is 5.54 Å². The van der Waals surface area contributed by atoms with Gasteiger partial charge in [-0.3, -0.25) is 4.79 Å². The first-order valence-electron chi connectivity index (χ1n) is 7.71. The molecule has 1 fully saturated rings. The molecule has 1 aliphatic rings. The molecule has 0 spiro atoms. The third-order valence-electron chi connectivity index (χ3n) is 4.65. The van der Waals surface area contributed by atoms with Gasteiger partial charge in [0.2, 0.25) is 6.41 Å². The summed E-state index contributed by atoms with van der Waals surface area (Å²) in [4.78, 5) is 13.2. The van der Waals surface area contributed by atoms with E-state index in [9.17, 15) is 4.79 Å². The third-order valence-corrected chi connectivity index (χ3v) is 4.65. The molecule has 0 bridgehead atoms. The largest absolute Gasteiger partial charge is 0.335 e. The Kier molecular flexibility index (Phi) is 3.92. The molecule has 6 nitrogen and oxygen atoms in total. The lowest BCUT2D eigenvalue weighted by molar-refractivity contribution is -0.124. The number of hydrogen-bond donors (Lipinski definition) is 0. The lowest BCUT2D eigenvalue weighted by Gasteiger charge is -2.41. The summed E-state index contributed by atoms with van der Waals surface area (Å²) in [5.41, 5.74) is 1.68. The molecule has 22 heavy (non-hydrogen) atoms. The molecule has 1 aromatic carbocycles. The smallest absolute Gasteiger partial charge is 0.210 e. The molecule has 0 N–H and O–H groups in total. The summed E-state index contributed by atoms with van der Waals surface area (Å²) in [7, 11) is 1.83. The van der Waals surface area contributed by atoms with Crippen molar-refractivity contribution in [3.8, 4) is 5.69 Å². The number of carbonyl (C=O) groups excluding carboxylic acids is 1. The summed E-state index contributed by atoms with van der Waals surface area (Å²) in [6, 6.07) is 8.08. The van der Waals surface area contributed by atoms with Gasteiger partial charge in [0.25, 0.3) is 0 Å². The van der Waals surface area contributed by atoms with Gasteiger partial charge in [-0.25, -0.2) is 0 Å². The molecular weight excluding hydrogens is 278 g/mol. The Bertz CT molecular complexity index is 660. The van der Waals surface area contributed by atoms with Crippen LogP contribution in [0.3, 0.4) is 0 Å². The SMILES string of the molecule is Cc1cccc(-n2nnnc2C2(N(C)C=O)CCCCC2)c1. The molecule has 1 saturated carbocycles. The summed E-state index contributed by atoms with van der Waals surface area (Å²) in [5, 5.41) is 12.4. The lowest BCUT2D eigenvalue weighted by atomic mass is 9.80. The highest BCUT2D eigenvalue weighted by atomic mass is 16.1. The first kappa shape index (κ1) is 14.7. The zero-order chi connectivity index (χ0) is 15.6. The van der Waals surface area contributed by atoms with Crippen molar-refractivity contribution in [3.05, 3.63) is 35.7 Å². The monoisotopic (exact) mass is 299 g/mol. The van der Waals surface area contributed by atoms with Gasteiger partial charge < -0.3 is 4.90 Å². The van der Waals surface area contributed by atoms with Crippen LogP contribution in [0.1, 0.15) is 43.5 Å². The van der Waals surface area contributed by atoms with Gasteiger partial charge in [-0.2, -0.15) is 4.68 Å². The van der Waals surface area contributed by atoms with E-state index in [0.29, 0.717) is 0 Å². The predicted molar refractivity (Wildman–Crippen MR) is 82.5 cm³/mol. The summed E-state index contributed by atoms with van der Waals surface area (Å²) < 4.78 is 1.78. The van der Waals surface area contributed by atoms with Crippen molar-refractivity contribution < 1.29 is 4.79 Å². The number of aromatic nitrogens is 4. The van der Waals surface area contributed by atoms with Crippen LogP contribution in [-0.4, -0.2) is 38.6 Å². The van der Waals surface area contributed by atoms with Crippen molar-refractivity contribution in [2.75, 3.05) is 7.05 Å². The Morgan fingerprint density at radius 3 is 2.73 bits per heavy atom. The standard InChI is InChI=1S/C16H21N5O/c1-13-7-6-8-14(11-13)21-15(17-18-19-21)16(20(2)12-22)9-4-3-5-10-16/h6-8,11-12H,3-5,9-10H2,1-2H3. The molecule has 1 heterocycles. The van der Waals surface area contributed by atoms with E-state index in [1.165, 1.54) is 6.42 Å². The first-order chi connectivity index (χ1) is 10.7. The van der Waals surface area contributed by atoms with Crippen LogP contribution in [0.5, 0.6) is 0 Å². The van der Waals surface area contributed by atoms with Gasteiger partial charge in [0.1, 0.15) is 5.54 Å². The second kappa shape index (κ2) is 5.87. The highest BCUT2D eigenvalue weighted by molar-refractivity contribution is 5.49. The Morgan fingerprint density at radius 1 is 1.27 bits per heavy atom. The minimum Gasteiger partial charge on any atom is -0.335 e. The molecule has 2 aromatic rings. The summed E-state index contributed by atoms with van der Waals surface area (Å²) >= 11 is 0. The number of carbonyl (C=O) groups is 1. The number of nitrogens with zero attached hydrogens (tertiary/aromatic N) is 5. The van der Waals surface area contributed by atoms with Crippen LogP contribution in [-0.2, 0) is 10.3 Å². The zero-order valence-electron chi connectivity index (χ0n) is 13.1. The molecule has 0 saturated heterocycles. The van der Waals surface area contributed by atoms with Crippen LogP contribution in [0.4, 0.5) is 0 Å². The van der Waals surface area contributed by atoms with Crippen LogP contribution in [0, 0.1) is 6.92 Å². The average molecular weight is 299 g/mol. The van der Waals surface area contributed by atoms with Crippen molar-refractivity contribution in [2.24, 2.45) is 0 Å². The van der Waals surface area contributed by atoms with Crippen molar-refractivity contribution in [2.45, 2.75) is 44.6 Å². The molecule has 0 atom stereocenters. The maximum atomic E-state index is 11.5. The zero-order valence-corrected chi connectivity index (χ0v) is 13.1. The molecule has 0 unspecified atom stereocenters. The van der Waals surface area contributed by atoms with Crippen LogP contribution >= 0.6 is 0 Å². The van der Waals surface area contributed by atoms with Crippen LogP contribution in [0.15, 0.2) is 24.3 Å². The van der Waals surface area contributed by atoms with Crippen molar-refractivity contribution in [1.82, 2.24) is 25.1 Å². The van der Waals surface area contributed by atoms with Gasteiger partial charge in [0, 0.05) is 7.05 Å². The third kappa shape index (κ3) is 2.38. The van der Waals surface area contributed by atoms with Gasteiger partial charge >= 0.3 is 0 Å². The van der Waals surface area contributed by atoms with Gasteiger partial charge in [-0.05, 0) is 47.9 Å².